The SMILES string of the molecule is CC(C)C1CCCCN1C1CCCNC1. The predicted molar refractivity (Wildman–Crippen MR) is 65.1 cm³/mol. The molecule has 0 spiro atoms. The molecule has 2 fully saturated rings. The first-order valence-corrected chi connectivity index (χ1v) is 6.75. The van der Waals surface area contributed by atoms with Crippen molar-refractivity contribution >= 4 is 0 Å². The van der Waals surface area contributed by atoms with Gasteiger partial charge in [-0.3, -0.25) is 4.90 Å². The highest BCUT2D eigenvalue weighted by molar-refractivity contribution is 4.87. The standard InChI is InChI=1S/C13H26N2/c1-11(2)13-7-3-4-9-15(13)12-6-5-8-14-10-12/h11-14H,3-10H2,1-2H3. The molecule has 2 aliphatic rings. The zero-order chi connectivity index (χ0) is 10.7. The normalized spacial score (nSPS) is 34.6. The molecule has 0 aromatic rings. The van der Waals surface area contributed by atoms with Gasteiger partial charge in [-0.15, -0.1) is 0 Å². The number of hydrogen-bond donors (Lipinski definition) is 1. The molecule has 2 heterocycles. The van der Waals surface area contributed by atoms with Crippen LogP contribution in [-0.4, -0.2) is 36.6 Å². The number of nitrogens with zero attached hydrogens (tertiary/aromatic N) is 1. The van der Waals surface area contributed by atoms with Gasteiger partial charge in [-0.05, 0) is 44.7 Å². The van der Waals surface area contributed by atoms with E-state index in [9.17, 15) is 0 Å². The van der Waals surface area contributed by atoms with Crippen molar-refractivity contribution in [1.29, 1.82) is 0 Å². The van der Waals surface area contributed by atoms with Crippen LogP contribution in [0.1, 0.15) is 46.0 Å². The van der Waals surface area contributed by atoms with E-state index in [-0.39, 0.29) is 0 Å². The summed E-state index contributed by atoms with van der Waals surface area (Å²) in [7, 11) is 0. The summed E-state index contributed by atoms with van der Waals surface area (Å²) in [4.78, 5) is 2.81. The molecule has 2 heteroatoms. The molecule has 2 unspecified atom stereocenters. The Balaban J connectivity index is 1.96. The molecule has 2 nitrogen and oxygen atoms in total. The maximum Gasteiger partial charge on any atom is 0.0224 e. The van der Waals surface area contributed by atoms with E-state index >= 15 is 0 Å². The molecule has 1 N–H and O–H groups in total. The minimum atomic E-state index is 0.825. The Hall–Kier alpha value is -0.0800. The molecule has 0 saturated carbocycles. The van der Waals surface area contributed by atoms with Gasteiger partial charge in [-0.1, -0.05) is 20.3 Å². The quantitative estimate of drug-likeness (QED) is 0.752. The third kappa shape index (κ3) is 2.73. The van der Waals surface area contributed by atoms with Crippen molar-refractivity contribution in [2.75, 3.05) is 19.6 Å². The average Bonchev–Trinajstić information content (AvgIpc) is 2.30. The first-order valence-electron chi connectivity index (χ1n) is 6.75. The first kappa shape index (κ1) is 11.4. The number of piperidine rings is 2. The van der Waals surface area contributed by atoms with Crippen molar-refractivity contribution < 1.29 is 0 Å². The molecular weight excluding hydrogens is 184 g/mol. The van der Waals surface area contributed by atoms with Crippen LogP contribution >= 0.6 is 0 Å². The summed E-state index contributed by atoms with van der Waals surface area (Å²) >= 11 is 0. The van der Waals surface area contributed by atoms with Gasteiger partial charge in [0, 0.05) is 18.6 Å². The van der Waals surface area contributed by atoms with E-state index in [1.54, 1.807) is 0 Å². The Morgan fingerprint density at radius 1 is 1.13 bits per heavy atom. The van der Waals surface area contributed by atoms with Crippen LogP contribution in [0.2, 0.25) is 0 Å². The van der Waals surface area contributed by atoms with Crippen molar-refractivity contribution in [3.05, 3.63) is 0 Å². The molecule has 0 radical (unpaired) electrons. The Morgan fingerprint density at radius 2 is 2.00 bits per heavy atom. The summed E-state index contributed by atoms with van der Waals surface area (Å²) in [5.74, 6) is 0.826. The second-order valence-electron chi connectivity index (χ2n) is 5.55. The lowest BCUT2D eigenvalue weighted by molar-refractivity contribution is 0.0541. The zero-order valence-corrected chi connectivity index (χ0v) is 10.3. The van der Waals surface area contributed by atoms with Gasteiger partial charge < -0.3 is 5.32 Å². The van der Waals surface area contributed by atoms with Crippen molar-refractivity contribution in [2.24, 2.45) is 5.92 Å². The third-order valence-corrected chi connectivity index (χ3v) is 4.10. The van der Waals surface area contributed by atoms with Gasteiger partial charge in [0.2, 0.25) is 0 Å². The summed E-state index contributed by atoms with van der Waals surface area (Å²) in [5.41, 5.74) is 0. The lowest BCUT2D eigenvalue weighted by Gasteiger charge is -2.44. The Kier molecular flexibility index (Phi) is 4.04. The molecule has 88 valence electrons. The Morgan fingerprint density at radius 3 is 2.67 bits per heavy atom. The van der Waals surface area contributed by atoms with Gasteiger partial charge in [0.1, 0.15) is 0 Å². The number of nitrogens with one attached hydrogen (secondary N) is 1. The maximum absolute atomic E-state index is 3.55. The topological polar surface area (TPSA) is 15.3 Å². The number of rotatable bonds is 2. The van der Waals surface area contributed by atoms with Gasteiger partial charge in [0.25, 0.3) is 0 Å². The number of likely N-dealkylation sites (tertiary alicyclic amines) is 1. The second kappa shape index (κ2) is 5.31. The van der Waals surface area contributed by atoms with Crippen LogP contribution in [0.15, 0.2) is 0 Å². The van der Waals surface area contributed by atoms with Crippen molar-refractivity contribution in [3.8, 4) is 0 Å². The van der Waals surface area contributed by atoms with Crippen LogP contribution in [-0.2, 0) is 0 Å². The van der Waals surface area contributed by atoms with Gasteiger partial charge in [-0.2, -0.15) is 0 Å². The van der Waals surface area contributed by atoms with E-state index in [4.69, 9.17) is 0 Å². The van der Waals surface area contributed by atoms with E-state index in [2.05, 4.69) is 24.1 Å². The Labute approximate surface area is 94.4 Å². The van der Waals surface area contributed by atoms with Gasteiger partial charge >= 0.3 is 0 Å². The van der Waals surface area contributed by atoms with Crippen LogP contribution < -0.4 is 5.32 Å². The first-order chi connectivity index (χ1) is 7.29. The summed E-state index contributed by atoms with van der Waals surface area (Å²) in [6.07, 6.45) is 7.07. The van der Waals surface area contributed by atoms with Gasteiger partial charge in [0.05, 0.1) is 0 Å². The molecule has 2 saturated heterocycles. The minimum Gasteiger partial charge on any atom is -0.315 e. The van der Waals surface area contributed by atoms with Crippen LogP contribution in [0.3, 0.4) is 0 Å². The van der Waals surface area contributed by atoms with Crippen LogP contribution in [0, 0.1) is 5.92 Å². The highest BCUT2D eigenvalue weighted by Gasteiger charge is 2.30. The summed E-state index contributed by atoms with van der Waals surface area (Å²) < 4.78 is 0. The molecule has 0 aromatic heterocycles. The zero-order valence-electron chi connectivity index (χ0n) is 10.3. The molecular formula is C13H26N2. The molecule has 2 rings (SSSR count). The lowest BCUT2D eigenvalue weighted by Crippen LogP contribution is -2.53. The van der Waals surface area contributed by atoms with E-state index in [0.29, 0.717) is 0 Å². The molecule has 0 aromatic carbocycles. The third-order valence-electron chi connectivity index (χ3n) is 4.10. The number of hydrogen-bond acceptors (Lipinski definition) is 2. The molecule has 0 amide bonds. The van der Waals surface area contributed by atoms with Crippen molar-refractivity contribution in [2.45, 2.75) is 58.0 Å². The van der Waals surface area contributed by atoms with Gasteiger partial charge in [0.15, 0.2) is 0 Å². The van der Waals surface area contributed by atoms with Gasteiger partial charge in [-0.25, -0.2) is 0 Å². The molecule has 2 aliphatic heterocycles. The fourth-order valence-electron chi connectivity index (χ4n) is 3.27. The Bertz CT molecular complexity index is 185. The monoisotopic (exact) mass is 210 g/mol. The largest absolute Gasteiger partial charge is 0.315 e. The molecule has 0 aliphatic carbocycles. The lowest BCUT2D eigenvalue weighted by atomic mass is 9.90. The predicted octanol–water partition coefficient (Wildman–Crippen LogP) is 2.25. The molecule has 15 heavy (non-hydrogen) atoms. The van der Waals surface area contributed by atoms with E-state index in [1.165, 1.54) is 51.7 Å². The summed E-state index contributed by atoms with van der Waals surface area (Å²) in [6, 6.07) is 1.68. The van der Waals surface area contributed by atoms with E-state index in [1.807, 2.05) is 0 Å². The van der Waals surface area contributed by atoms with Crippen molar-refractivity contribution in [3.63, 3.8) is 0 Å². The second-order valence-corrected chi connectivity index (χ2v) is 5.55. The molecule has 2 atom stereocenters. The van der Waals surface area contributed by atoms with Crippen molar-refractivity contribution in [1.82, 2.24) is 10.2 Å². The summed E-state index contributed by atoms with van der Waals surface area (Å²) in [6.45, 7) is 8.58. The maximum atomic E-state index is 3.55. The molecule has 0 bridgehead atoms. The van der Waals surface area contributed by atoms with Crippen LogP contribution in [0.4, 0.5) is 0 Å². The minimum absolute atomic E-state index is 0.825. The van der Waals surface area contributed by atoms with Crippen LogP contribution in [0.25, 0.3) is 0 Å². The smallest absolute Gasteiger partial charge is 0.0224 e. The summed E-state index contributed by atoms with van der Waals surface area (Å²) in [5, 5.41) is 3.55. The fraction of sp³-hybridized carbons (Fsp3) is 1.00. The fourth-order valence-corrected chi connectivity index (χ4v) is 3.27. The van der Waals surface area contributed by atoms with E-state index in [0.717, 1.165) is 18.0 Å². The average molecular weight is 210 g/mol. The van der Waals surface area contributed by atoms with Crippen LogP contribution in [0.5, 0.6) is 0 Å². The highest BCUT2D eigenvalue weighted by Crippen LogP contribution is 2.27. The highest BCUT2D eigenvalue weighted by atomic mass is 15.2. The van der Waals surface area contributed by atoms with E-state index < -0.39 is 0 Å².